The number of nitrogens with two attached hydrogens (primary N) is 1. The van der Waals surface area contributed by atoms with Crippen LogP contribution in [-0.4, -0.2) is 66.7 Å². The minimum absolute atomic E-state index is 0.193. The Hall–Kier alpha value is -0.650. The Morgan fingerprint density at radius 3 is 2.61 bits per heavy atom. The predicted molar refractivity (Wildman–Crippen MR) is 70.3 cm³/mol. The molecule has 2 fully saturated rings. The lowest BCUT2D eigenvalue weighted by atomic mass is 10.0. The van der Waals surface area contributed by atoms with Crippen LogP contribution in [0, 0.1) is 0 Å². The lowest BCUT2D eigenvalue weighted by Crippen LogP contribution is -2.46. The van der Waals surface area contributed by atoms with Gasteiger partial charge in [-0.1, -0.05) is 0 Å². The third-order valence-corrected chi connectivity index (χ3v) is 3.68. The van der Waals surface area contributed by atoms with Crippen LogP contribution < -0.4 is 5.73 Å². The van der Waals surface area contributed by atoms with Crippen molar-refractivity contribution in [1.82, 2.24) is 9.80 Å². The van der Waals surface area contributed by atoms with Gasteiger partial charge in [0.05, 0.1) is 13.2 Å². The van der Waals surface area contributed by atoms with Gasteiger partial charge < -0.3 is 15.4 Å². The molecule has 104 valence electrons. The van der Waals surface area contributed by atoms with Gasteiger partial charge in [0.2, 0.25) is 5.91 Å². The Balaban J connectivity index is 1.82. The first-order valence-electron chi connectivity index (χ1n) is 6.84. The summed E-state index contributed by atoms with van der Waals surface area (Å²) < 4.78 is 5.36. The van der Waals surface area contributed by atoms with Crippen molar-refractivity contribution in [3.63, 3.8) is 0 Å². The summed E-state index contributed by atoms with van der Waals surface area (Å²) in [6.07, 6.45) is 1.51. The highest BCUT2D eigenvalue weighted by Crippen LogP contribution is 2.19. The van der Waals surface area contributed by atoms with Crippen molar-refractivity contribution in [3.8, 4) is 0 Å². The molecule has 0 bridgehead atoms. The highest BCUT2D eigenvalue weighted by atomic mass is 16.5. The van der Waals surface area contributed by atoms with Gasteiger partial charge in [0.1, 0.15) is 0 Å². The molecule has 2 aliphatic rings. The fourth-order valence-electron chi connectivity index (χ4n) is 2.71. The van der Waals surface area contributed by atoms with E-state index in [1.54, 1.807) is 0 Å². The molecule has 5 nitrogen and oxygen atoms in total. The molecule has 18 heavy (non-hydrogen) atoms. The molecular weight excluding hydrogens is 230 g/mol. The number of nitrogens with zero attached hydrogens (tertiary/aromatic N) is 2. The molecule has 2 aliphatic heterocycles. The molecular formula is C13H25N3O2. The van der Waals surface area contributed by atoms with Crippen LogP contribution in [-0.2, 0) is 9.53 Å². The number of morpholine rings is 1. The van der Waals surface area contributed by atoms with Gasteiger partial charge >= 0.3 is 0 Å². The van der Waals surface area contributed by atoms with Crippen molar-refractivity contribution in [1.29, 1.82) is 0 Å². The highest BCUT2D eigenvalue weighted by molar-refractivity contribution is 5.77. The Bertz CT molecular complexity index is 295. The number of hydrogen-bond acceptors (Lipinski definition) is 4. The maximum absolute atomic E-state index is 12.1. The number of rotatable bonds is 3. The molecule has 0 aromatic heterocycles. The van der Waals surface area contributed by atoms with Gasteiger partial charge in [-0.15, -0.1) is 0 Å². The molecule has 2 rings (SSSR count). The van der Waals surface area contributed by atoms with E-state index >= 15 is 0 Å². The minimum Gasteiger partial charge on any atom is -0.379 e. The molecule has 2 heterocycles. The molecule has 2 N–H and O–H groups in total. The average molecular weight is 255 g/mol. The second-order valence-corrected chi connectivity index (χ2v) is 6.10. The third-order valence-electron chi connectivity index (χ3n) is 3.68. The first-order chi connectivity index (χ1) is 8.46. The van der Waals surface area contributed by atoms with Crippen LogP contribution in [0.4, 0.5) is 0 Å². The van der Waals surface area contributed by atoms with Gasteiger partial charge in [-0.05, 0) is 20.3 Å². The summed E-state index contributed by atoms with van der Waals surface area (Å²) in [4.78, 5) is 16.5. The van der Waals surface area contributed by atoms with Crippen LogP contribution in [0.1, 0.15) is 26.7 Å². The molecule has 0 aliphatic carbocycles. The largest absolute Gasteiger partial charge is 0.379 e. The average Bonchev–Trinajstić information content (AvgIpc) is 2.77. The lowest BCUT2D eigenvalue weighted by Gasteiger charge is -2.32. The van der Waals surface area contributed by atoms with Gasteiger partial charge in [0, 0.05) is 44.2 Å². The van der Waals surface area contributed by atoms with Gasteiger partial charge in [-0.3, -0.25) is 9.69 Å². The van der Waals surface area contributed by atoms with Crippen LogP contribution in [0.2, 0.25) is 0 Å². The summed E-state index contributed by atoms with van der Waals surface area (Å²) in [5.41, 5.74) is 5.50. The second-order valence-electron chi connectivity index (χ2n) is 6.10. The smallest absolute Gasteiger partial charge is 0.224 e. The molecule has 1 unspecified atom stereocenters. The van der Waals surface area contributed by atoms with Gasteiger partial charge in [0.25, 0.3) is 0 Å². The van der Waals surface area contributed by atoms with Crippen molar-refractivity contribution in [2.75, 3.05) is 39.4 Å². The van der Waals surface area contributed by atoms with Crippen LogP contribution >= 0.6 is 0 Å². The van der Waals surface area contributed by atoms with Crippen LogP contribution in [0.3, 0.4) is 0 Å². The molecule has 0 aromatic carbocycles. The molecule has 0 spiro atoms. The van der Waals surface area contributed by atoms with E-state index in [2.05, 4.69) is 4.90 Å². The summed E-state index contributed by atoms with van der Waals surface area (Å²) in [5, 5.41) is 0. The number of likely N-dealkylation sites (tertiary alicyclic amines) is 1. The third kappa shape index (κ3) is 3.67. The highest BCUT2D eigenvalue weighted by Gasteiger charge is 2.32. The minimum atomic E-state index is -0.409. The first-order valence-corrected chi connectivity index (χ1v) is 6.84. The zero-order valence-corrected chi connectivity index (χ0v) is 11.5. The van der Waals surface area contributed by atoms with E-state index in [0.29, 0.717) is 12.5 Å². The molecule has 2 saturated heterocycles. The molecule has 0 radical (unpaired) electrons. The van der Waals surface area contributed by atoms with Crippen molar-refractivity contribution in [3.05, 3.63) is 0 Å². The molecule has 1 atom stereocenters. The second kappa shape index (κ2) is 5.55. The number of carbonyl (C=O) groups excluding carboxylic acids is 1. The summed E-state index contributed by atoms with van der Waals surface area (Å²) in [5.74, 6) is 0.193. The summed E-state index contributed by atoms with van der Waals surface area (Å²) in [7, 11) is 0. The van der Waals surface area contributed by atoms with E-state index < -0.39 is 5.54 Å². The van der Waals surface area contributed by atoms with Crippen molar-refractivity contribution in [2.24, 2.45) is 5.73 Å². The number of hydrogen-bond donors (Lipinski definition) is 1. The fourth-order valence-corrected chi connectivity index (χ4v) is 2.71. The maximum atomic E-state index is 12.1. The van der Waals surface area contributed by atoms with Crippen LogP contribution in [0.25, 0.3) is 0 Å². The van der Waals surface area contributed by atoms with Crippen molar-refractivity contribution >= 4 is 5.91 Å². The monoisotopic (exact) mass is 255 g/mol. The molecule has 0 aromatic rings. The predicted octanol–water partition coefficient (Wildman–Crippen LogP) is 0.0469. The van der Waals surface area contributed by atoms with Crippen molar-refractivity contribution < 1.29 is 9.53 Å². The van der Waals surface area contributed by atoms with Gasteiger partial charge in [0.15, 0.2) is 0 Å². The van der Waals surface area contributed by atoms with E-state index in [4.69, 9.17) is 10.5 Å². The Kier molecular flexibility index (Phi) is 4.25. The number of carbonyl (C=O) groups is 1. The summed E-state index contributed by atoms with van der Waals surface area (Å²) in [6, 6.07) is 0.513. The molecule has 5 heteroatoms. The summed E-state index contributed by atoms with van der Waals surface area (Å²) >= 11 is 0. The van der Waals surface area contributed by atoms with Gasteiger partial charge in [-0.25, -0.2) is 0 Å². The number of amides is 1. The normalized spacial score (nSPS) is 26.6. The van der Waals surface area contributed by atoms with E-state index in [0.717, 1.165) is 45.8 Å². The zero-order valence-electron chi connectivity index (χ0n) is 11.5. The van der Waals surface area contributed by atoms with E-state index in [1.807, 2.05) is 18.7 Å². The standard InChI is InChI=1S/C13H25N3O2/c1-13(2,14)9-12(17)16-4-3-11(10-16)15-5-7-18-8-6-15/h11H,3-10,14H2,1-2H3. The Morgan fingerprint density at radius 2 is 2.00 bits per heavy atom. The topological polar surface area (TPSA) is 58.8 Å². The maximum Gasteiger partial charge on any atom is 0.224 e. The van der Waals surface area contributed by atoms with Crippen molar-refractivity contribution in [2.45, 2.75) is 38.3 Å². The van der Waals surface area contributed by atoms with E-state index in [1.165, 1.54) is 0 Å². The first kappa shape index (κ1) is 13.8. The number of ether oxygens (including phenoxy) is 1. The van der Waals surface area contributed by atoms with Crippen LogP contribution in [0.15, 0.2) is 0 Å². The van der Waals surface area contributed by atoms with Gasteiger partial charge in [-0.2, -0.15) is 0 Å². The summed E-state index contributed by atoms with van der Waals surface area (Å²) in [6.45, 7) is 9.16. The van der Waals surface area contributed by atoms with E-state index in [-0.39, 0.29) is 5.91 Å². The molecule has 0 saturated carbocycles. The Morgan fingerprint density at radius 1 is 1.33 bits per heavy atom. The SMILES string of the molecule is CC(C)(N)CC(=O)N1CCC(N2CCOCC2)C1. The molecule has 1 amide bonds. The zero-order chi connectivity index (χ0) is 13.2. The van der Waals surface area contributed by atoms with E-state index in [9.17, 15) is 4.79 Å². The fraction of sp³-hybridized carbons (Fsp3) is 0.923. The van der Waals surface area contributed by atoms with Crippen LogP contribution in [0.5, 0.6) is 0 Å². The quantitative estimate of drug-likeness (QED) is 0.774. The Labute approximate surface area is 109 Å². The lowest BCUT2D eigenvalue weighted by molar-refractivity contribution is -0.131.